The maximum absolute atomic E-state index is 13.3. The third kappa shape index (κ3) is 3.36. The van der Waals surface area contributed by atoms with Crippen LogP contribution in [0.25, 0.3) is 0 Å². The molecule has 10 heteroatoms. The molecular formula is C29H34O10. The Bertz CT molecular complexity index is 1210. The molecule has 0 amide bonds. The molecule has 4 bridgehead atoms. The summed E-state index contributed by atoms with van der Waals surface area (Å²) in [7, 11) is 0. The molecule has 5 aliphatic heterocycles. The monoisotopic (exact) mass is 542 g/mol. The first-order valence-corrected chi connectivity index (χ1v) is 13.7. The zero-order chi connectivity index (χ0) is 27.2. The van der Waals surface area contributed by atoms with E-state index in [1.54, 1.807) is 12.2 Å². The van der Waals surface area contributed by atoms with E-state index in [1.165, 1.54) is 23.8 Å². The highest BCUT2D eigenvalue weighted by atomic mass is 16.7. The molecule has 39 heavy (non-hydrogen) atoms. The number of carbonyl (C=O) groups is 2. The molecule has 1 saturated carbocycles. The number of allylic oxidation sites excluding steroid dienone is 3. The topological polar surface area (TPSA) is 133 Å². The molecule has 4 saturated heterocycles. The molecule has 7 rings (SSSR count). The molecule has 0 radical (unpaired) electrons. The van der Waals surface area contributed by atoms with Crippen molar-refractivity contribution < 1.29 is 48.2 Å². The number of hydrogen-bond acceptors (Lipinski definition) is 10. The van der Waals surface area contributed by atoms with E-state index in [9.17, 15) is 19.8 Å². The van der Waals surface area contributed by atoms with Gasteiger partial charge in [0.25, 0.3) is 0 Å². The number of hydrogen-bond donors (Lipinski definition) is 2. The number of aliphatic hydroxyl groups is 2. The number of aliphatic hydroxyl groups excluding tert-OH is 2. The van der Waals surface area contributed by atoms with Gasteiger partial charge < -0.3 is 38.6 Å². The van der Waals surface area contributed by atoms with E-state index in [4.69, 9.17) is 28.4 Å². The van der Waals surface area contributed by atoms with Crippen LogP contribution in [0.4, 0.5) is 0 Å². The first-order valence-electron chi connectivity index (χ1n) is 13.7. The van der Waals surface area contributed by atoms with Gasteiger partial charge in [0, 0.05) is 24.0 Å². The van der Waals surface area contributed by atoms with Crippen LogP contribution >= 0.6 is 0 Å². The Morgan fingerprint density at radius 2 is 1.82 bits per heavy atom. The summed E-state index contributed by atoms with van der Waals surface area (Å²) in [6.07, 6.45) is 6.94. The number of cyclic esters (lactones) is 1. The lowest BCUT2D eigenvalue weighted by Gasteiger charge is -2.58. The van der Waals surface area contributed by atoms with Crippen LogP contribution in [0, 0.1) is 10.8 Å². The van der Waals surface area contributed by atoms with Crippen molar-refractivity contribution in [3.63, 3.8) is 0 Å². The van der Waals surface area contributed by atoms with Crippen molar-refractivity contribution in [2.24, 2.45) is 10.8 Å². The number of esters is 2. The zero-order valence-corrected chi connectivity index (χ0v) is 22.0. The normalized spacial score (nSPS) is 53.4. The van der Waals surface area contributed by atoms with Crippen molar-refractivity contribution in [1.82, 2.24) is 0 Å². The standard InChI is InChI=1S/C29H34O10/c1-16-6-9-27-14-34-22(31)12-17-7-10-35-28(23(32)25(33)39-24(17)28)8-4-3-5-21(30)38-18-13-20(37-19(27)11-16)29(15-36-29)26(18,27)2/h3-5,8,11-12,18-20,23-25,32-33H,6-7,9-10,13-15H2,1-2H3/b5-3-,8-4+,17-12+/t18-,19-,20-,23-,24-,25+,26-,27-,28-,29+/m1/s1. The van der Waals surface area contributed by atoms with Gasteiger partial charge in [-0.3, -0.25) is 0 Å². The summed E-state index contributed by atoms with van der Waals surface area (Å²) in [5.41, 5.74) is -1.58. The van der Waals surface area contributed by atoms with Crippen molar-refractivity contribution in [2.45, 2.75) is 87.5 Å². The molecule has 10 nitrogen and oxygen atoms in total. The van der Waals surface area contributed by atoms with Crippen molar-refractivity contribution in [2.75, 3.05) is 19.8 Å². The maximum atomic E-state index is 13.3. The van der Waals surface area contributed by atoms with Gasteiger partial charge in [-0.2, -0.15) is 0 Å². The number of rotatable bonds is 0. The molecule has 0 aromatic rings. The molecule has 0 aromatic carbocycles. The zero-order valence-electron chi connectivity index (χ0n) is 22.0. The maximum Gasteiger partial charge on any atom is 0.331 e. The van der Waals surface area contributed by atoms with Gasteiger partial charge in [-0.1, -0.05) is 30.7 Å². The average Bonchev–Trinajstić information content (AvgIpc) is 3.64. The van der Waals surface area contributed by atoms with E-state index in [-0.39, 0.29) is 25.4 Å². The molecular weight excluding hydrogens is 508 g/mol. The Morgan fingerprint density at radius 1 is 1.00 bits per heavy atom. The van der Waals surface area contributed by atoms with E-state index in [0.29, 0.717) is 31.4 Å². The summed E-state index contributed by atoms with van der Waals surface area (Å²) in [5, 5.41) is 21.1. The molecule has 5 fully saturated rings. The average molecular weight is 543 g/mol. The molecule has 2 N–H and O–H groups in total. The smallest absolute Gasteiger partial charge is 0.331 e. The van der Waals surface area contributed by atoms with Crippen LogP contribution in [-0.2, 0) is 38.0 Å². The van der Waals surface area contributed by atoms with Gasteiger partial charge in [-0.25, -0.2) is 9.59 Å². The Balaban J connectivity index is 1.32. The molecule has 10 atom stereocenters. The van der Waals surface area contributed by atoms with Crippen molar-refractivity contribution >= 4 is 11.9 Å². The Hall–Kier alpha value is -2.34. The highest BCUT2D eigenvalue weighted by Gasteiger charge is 2.83. The van der Waals surface area contributed by atoms with Gasteiger partial charge in [0.15, 0.2) is 6.29 Å². The minimum Gasteiger partial charge on any atom is -0.462 e. The highest BCUT2D eigenvalue weighted by molar-refractivity contribution is 5.83. The first-order chi connectivity index (χ1) is 18.7. The molecule has 7 aliphatic rings. The molecule has 2 spiro atoms. The SMILES string of the molecule is CC1=C[C@H]2O[C@@H]3C[C@H]4OC(=O)/C=C\C=C\[C@]56OCC/C(=C\C(=O)OC[C@@]2(CC1)[C@]4(C)[C@]31CO1)[C@H]5O[C@H](O)[C@H]6O. The fourth-order valence-corrected chi connectivity index (χ4v) is 8.14. The molecule has 0 aromatic heterocycles. The number of carbonyl (C=O) groups excluding carboxylic acids is 2. The van der Waals surface area contributed by atoms with Crippen LogP contribution in [-0.4, -0.2) is 90.0 Å². The quantitative estimate of drug-likeness (QED) is 0.263. The molecule has 2 aliphatic carbocycles. The first kappa shape index (κ1) is 25.6. The van der Waals surface area contributed by atoms with Crippen LogP contribution in [0.2, 0.25) is 0 Å². The minimum atomic E-state index is -1.51. The van der Waals surface area contributed by atoms with E-state index < -0.39 is 58.6 Å². The van der Waals surface area contributed by atoms with Crippen LogP contribution < -0.4 is 0 Å². The third-order valence-corrected chi connectivity index (χ3v) is 10.4. The summed E-state index contributed by atoms with van der Waals surface area (Å²) in [5.74, 6) is -1.08. The van der Waals surface area contributed by atoms with Crippen LogP contribution in [0.15, 0.2) is 47.6 Å². The van der Waals surface area contributed by atoms with Crippen molar-refractivity contribution in [1.29, 1.82) is 0 Å². The van der Waals surface area contributed by atoms with Crippen molar-refractivity contribution in [3.05, 3.63) is 47.6 Å². The molecule has 0 unspecified atom stereocenters. The van der Waals surface area contributed by atoms with Gasteiger partial charge in [-0.05, 0) is 37.8 Å². The van der Waals surface area contributed by atoms with Crippen LogP contribution in [0.1, 0.15) is 39.5 Å². The summed E-state index contributed by atoms with van der Waals surface area (Å²) >= 11 is 0. The van der Waals surface area contributed by atoms with E-state index >= 15 is 0 Å². The van der Waals surface area contributed by atoms with E-state index in [1.807, 2.05) is 0 Å². The summed E-state index contributed by atoms with van der Waals surface area (Å²) in [6, 6.07) is 0. The van der Waals surface area contributed by atoms with E-state index in [2.05, 4.69) is 19.9 Å². The van der Waals surface area contributed by atoms with Gasteiger partial charge in [0.05, 0.1) is 30.8 Å². The highest BCUT2D eigenvalue weighted by Crippen LogP contribution is 2.72. The summed E-state index contributed by atoms with van der Waals surface area (Å²) < 4.78 is 36.5. The fourth-order valence-electron chi connectivity index (χ4n) is 8.14. The van der Waals surface area contributed by atoms with Gasteiger partial charge in [0.2, 0.25) is 0 Å². The predicted octanol–water partition coefficient (Wildman–Crippen LogP) is 1.40. The summed E-state index contributed by atoms with van der Waals surface area (Å²) in [4.78, 5) is 26.4. The summed E-state index contributed by atoms with van der Waals surface area (Å²) in [6.45, 7) is 4.93. The Labute approximate surface area is 226 Å². The number of ether oxygens (including phenoxy) is 6. The second-order valence-electron chi connectivity index (χ2n) is 12.1. The molecule has 5 heterocycles. The predicted molar refractivity (Wildman–Crippen MR) is 133 cm³/mol. The lowest BCUT2D eigenvalue weighted by molar-refractivity contribution is -0.232. The Kier molecular flexibility index (Phi) is 5.64. The third-order valence-electron chi connectivity index (χ3n) is 10.4. The minimum absolute atomic E-state index is 0.0562. The Morgan fingerprint density at radius 3 is 2.62 bits per heavy atom. The van der Waals surface area contributed by atoms with Crippen LogP contribution in [0.5, 0.6) is 0 Å². The fraction of sp³-hybridized carbons (Fsp3) is 0.655. The second-order valence-corrected chi connectivity index (χ2v) is 12.1. The second kappa shape index (κ2) is 8.58. The van der Waals surface area contributed by atoms with Gasteiger partial charge in [0.1, 0.15) is 36.1 Å². The molecule has 210 valence electrons. The van der Waals surface area contributed by atoms with Gasteiger partial charge in [-0.15, -0.1) is 0 Å². The lowest BCUT2D eigenvalue weighted by Crippen LogP contribution is -2.66. The number of epoxide rings is 1. The van der Waals surface area contributed by atoms with Gasteiger partial charge >= 0.3 is 11.9 Å². The van der Waals surface area contributed by atoms with Crippen LogP contribution in [0.3, 0.4) is 0 Å². The lowest BCUT2D eigenvalue weighted by atomic mass is 9.51. The van der Waals surface area contributed by atoms with Crippen molar-refractivity contribution in [3.8, 4) is 0 Å². The van der Waals surface area contributed by atoms with E-state index in [0.717, 1.165) is 6.42 Å². The largest absolute Gasteiger partial charge is 0.462 e.